The molecule has 0 saturated heterocycles. The molecule has 0 unspecified atom stereocenters. The van der Waals surface area contributed by atoms with Crippen LogP contribution < -0.4 is 9.47 Å². The maximum Gasteiger partial charge on any atom is 0.189 e. The Morgan fingerprint density at radius 1 is 0.903 bits per heavy atom. The van der Waals surface area contributed by atoms with Crippen LogP contribution in [0.15, 0.2) is 91.1 Å². The lowest BCUT2D eigenvalue weighted by Crippen LogP contribution is -1.96. The van der Waals surface area contributed by atoms with Crippen molar-refractivity contribution in [2.75, 3.05) is 14.2 Å². The van der Waals surface area contributed by atoms with E-state index in [1.807, 2.05) is 72.8 Å². The third kappa shape index (κ3) is 4.41. The van der Waals surface area contributed by atoms with Gasteiger partial charge in [-0.1, -0.05) is 48.5 Å². The molecule has 0 spiro atoms. The van der Waals surface area contributed by atoms with Gasteiger partial charge < -0.3 is 9.47 Å². The zero-order valence-electron chi connectivity index (χ0n) is 17.4. The number of ketones is 1. The molecule has 154 valence electrons. The third-order valence-electron chi connectivity index (χ3n) is 4.90. The largest absolute Gasteiger partial charge is 0.497 e. The van der Waals surface area contributed by atoms with Crippen molar-refractivity contribution >= 4 is 11.9 Å². The Balaban J connectivity index is 1.72. The van der Waals surface area contributed by atoms with Crippen molar-refractivity contribution in [3.05, 3.63) is 102 Å². The minimum Gasteiger partial charge on any atom is -0.497 e. The van der Waals surface area contributed by atoms with Gasteiger partial charge in [0.25, 0.3) is 0 Å². The quantitative estimate of drug-likeness (QED) is 0.300. The number of hydrogen-bond donors (Lipinski definition) is 0. The maximum atomic E-state index is 13.2. The summed E-state index contributed by atoms with van der Waals surface area (Å²) < 4.78 is 12.4. The predicted octanol–water partition coefficient (Wildman–Crippen LogP) is 5.45. The van der Waals surface area contributed by atoms with Crippen molar-refractivity contribution in [1.29, 1.82) is 0 Å². The van der Waals surface area contributed by atoms with Crippen molar-refractivity contribution in [2.24, 2.45) is 0 Å². The summed E-state index contributed by atoms with van der Waals surface area (Å²) in [6.45, 7) is 0. The van der Waals surface area contributed by atoms with Gasteiger partial charge in [-0.2, -0.15) is 5.10 Å². The summed E-state index contributed by atoms with van der Waals surface area (Å²) >= 11 is 0. The number of aromatic nitrogens is 2. The van der Waals surface area contributed by atoms with Gasteiger partial charge in [0.2, 0.25) is 0 Å². The first kappa shape index (κ1) is 20.2. The molecule has 0 N–H and O–H groups in total. The molecule has 0 atom stereocenters. The van der Waals surface area contributed by atoms with Crippen LogP contribution in [0.4, 0.5) is 0 Å². The van der Waals surface area contributed by atoms with Crippen molar-refractivity contribution in [1.82, 2.24) is 9.78 Å². The summed E-state index contributed by atoms with van der Waals surface area (Å²) in [6, 6.07) is 24.9. The smallest absolute Gasteiger partial charge is 0.189 e. The van der Waals surface area contributed by atoms with Gasteiger partial charge >= 0.3 is 0 Å². The SMILES string of the molecule is COc1ccc(C=CC(=O)c2cn(-c3ccccc3)nc2-c2ccccc2)c(OC)c1. The lowest BCUT2D eigenvalue weighted by atomic mass is 10.0. The van der Waals surface area contributed by atoms with Gasteiger partial charge in [0, 0.05) is 23.4 Å². The molecule has 0 amide bonds. The summed E-state index contributed by atoms with van der Waals surface area (Å²) in [5, 5.41) is 4.70. The average molecular weight is 410 g/mol. The maximum absolute atomic E-state index is 13.2. The first-order valence-electron chi connectivity index (χ1n) is 9.84. The summed E-state index contributed by atoms with van der Waals surface area (Å²) in [5.74, 6) is 1.18. The van der Waals surface area contributed by atoms with E-state index >= 15 is 0 Å². The molecule has 0 fully saturated rings. The van der Waals surface area contributed by atoms with Gasteiger partial charge in [-0.25, -0.2) is 4.68 Å². The second-order valence-corrected chi connectivity index (χ2v) is 6.84. The van der Waals surface area contributed by atoms with Gasteiger partial charge in [-0.15, -0.1) is 0 Å². The molecular formula is C26H22N2O3. The van der Waals surface area contributed by atoms with Crippen molar-refractivity contribution in [2.45, 2.75) is 0 Å². The molecule has 3 aromatic carbocycles. The van der Waals surface area contributed by atoms with Crippen LogP contribution in [0.25, 0.3) is 23.0 Å². The van der Waals surface area contributed by atoms with Crippen LogP contribution in [-0.2, 0) is 0 Å². The van der Waals surface area contributed by atoms with E-state index in [9.17, 15) is 4.79 Å². The molecular weight excluding hydrogens is 388 g/mol. The summed E-state index contributed by atoms with van der Waals surface area (Å²) in [5.41, 5.74) is 3.73. The van der Waals surface area contributed by atoms with E-state index in [0.29, 0.717) is 22.8 Å². The van der Waals surface area contributed by atoms with Gasteiger partial charge in [-0.3, -0.25) is 4.79 Å². The molecule has 4 rings (SSSR count). The van der Waals surface area contributed by atoms with Crippen molar-refractivity contribution in [3.63, 3.8) is 0 Å². The fourth-order valence-corrected chi connectivity index (χ4v) is 3.29. The number of allylic oxidation sites excluding steroid dienone is 1. The monoisotopic (exact) mass is 410 g/mol. The molecule has 31 heavy (non-hydrogen) atoms. The lowest BCUT2D eigenvalue weighted by Gasteiger charge is -2.07. The van der Waals surface area contributed by atoms with Crippen LogP contribution in [0.1, 0.15) is 15.9 Å². The second-order valence-electron chi connectivity index (χ2n) is 6.84. The fraction of sp³-hybridized carbons (Fsp3) is 0.0769. The van der Waals surface area contributed by atoms with Crippen molar-refractivity contribution < 1.29 is 14.3 Å². The Morgan fingerprint density at radius 3 is 2.29 bits per heavy atom. The van der Waals surface area contributed by atoms with E-state index < -0.39 is 0 Å². The highest BCUT2D eigenvalue weighted by Gasteiger charge is 2.17. The minimum atomic E-state index is -0.140. The predicted molar refractivity (Wildman–Crippen MR) is 122 cm³/mol. The van der Waals surface area contributed by atoms with Crippen LogP contribution in [0.2, 0.25) is 0 Å². The van der Waals surface area contributed by atoms with E-state index in [1.54, 1.807) is 43.3 Å². The number of hydrogen-bond acceptors (Lipinski definition) is 4. The molecule has 0 bridgehead atoms. The topological polar surface area (TPSA) is 53.4 Å². The second kappa shape index (κ2) is 9.13. The van der Waals surface area contributed by atoms with Crippen molar-refractivity contribution in [3.8, 4) is 28.4 Å². The van der Waals surface area contributed by atoms with Crippen LogP contribution in [0.5, 0.6) is 11.5 Å². The zero-order valence-corrected chi connectivity index (χ0v) is 17.4. The zero-order chi connectivity index (χ0) is 21.6. The number of rotatable bonds is 7. The standard InChI is InChI=1S/C26H22N2O3/c1-30-22-15-13-19(25(17-22)31-2)14-16-24(29)23-18-28(21-11-7-4-8-12-21)27-26(23)20-9-5-3-6-10-20/h3-18H,1-2H3. The highest BCUT2D eigenvalue weighted by molar-refractivity contribution is 6.10. The van der Waals surface area contributed by atoms with Crippen LogP contribution in [-0.4, -0.2) is 29.8 Å². The summed E-state index contributed by atoms with van der Waals surface area (Å²) in [4.78, 5) is 13.2. The minimum absolute atomic E-state index is 0.140. The first-order valence-corrected chi connectivity index (χ1v) is 9.84. The summed E-state index contributed by atoms with van der Waals surface area (Å²) in [7, 11) is 3.19. The molecule has 5 nitrogen and oxygen atoms in total. The van der Waals surface area contributed by atoms with E-state index in [4.69, 9.17) is 14.6 Å². The number of ether oxygens (including phenoxy) is 2. The number of methoxy groups -OCH3 is 2. The Kier molecular flexibility index (Phi) is 5.94. The Hall–Kier alpha value is -4.12. The Bertz CT molecular complexity index is 1210. The summed E-state index contributed by atoms with van der Waals surface area (Å²) in [6.07, 6.45) is 5.06. The van der Waals surface area contributed by atoms with Gasteiger partial charge in [0.1, 0.15) is 17.2 Å². The molecule has 0 radical (unpaired) electrons. The number of benzene rings is 3. The number of carbonyl (C=O) groups excluding carboxylic acids is 1. The molecule has 1 heterocycles. The van der Waals surface area contributed by atoms with Gasteiger partial charge in [0.05, 0.1) is 25.5 Å². The first-order chi connectivity index (χ1) is 15.2. The highest BCUT2D eigenvalue weighted by atomic mass is 16.5. The Morgan fingerprint density at radius 2 is 1.61 bits per heavy atom. The van der Waals surface area contributed by atoms with Gasteiger partial charge in [0.15, 0.2) is 5.78 Å². The molecule has 0 aliphatic heterocycles. The van der Waals surface area contributed by atoms with E-state index in [2.05, 4.69) is 0 Å². The normalized spacial score (nSPS) is 10.9. The molecule has 4 aromatic rings. The number of para-hydroxylation sites is 1. The Labute approximate surface area is 181 Å². The van der Waals surface area contributed by atoms with E-state index in [-0.39, 0.29) is 5.78 Å². The molecule has 0 saturated carbocycles. The van der Waals surface area contributed by atoms with Crippen LogP contribution in [0.3, 0.4) is 0 Å². The fourth-order valence-electron chi connectivity index (χ4n) is 3.29. The molecule has 5 heteroatoms. The third-order valence-corrected chi connectivity index (χ3v) is 4.90. The number of carbonyl (C=O) groups is 1. The van der Waals surface area contributed by atoms with Gasteiger partial charge in [-0.05, 0) is 36.4 Å². The lowest BCUT2D eigenvalue weighted by molar-refractivity contribution is 0.104. The van der Waals surface area contributed by atoms with E-state index in [0.717, 1.165) is 16.8 Å². The average Bonchev–Trinajstić information content (AvgIpc) is 3.29. The highest BCUT2D eigenvalue weighted by Crippen LogP contribution is 2.27. The molecule has 0 aliphatic rings. The van der Waals surface area contributed by atoms with Crippen LogP contribution in [0, 0.1) is 0 Å². The number of nitrogens with zero attached hydrogens (tertiary/aromatic N) is 2. The molecule has 1 aromatic heterocycles. The molecule has 0 aliphatic carbocycles. The van der Waals surface area contributed by atoms with E-state index in [1.165, 1.54) is 0 Å². The van der Waals surface area contributed by atoms with Crippen LogP contribution >= 0.6 is 0 Å².